The number of rotatable bonds is 0. The quantitative estimate of drug-likeness (QED) is 0.461. The maximum absolute atomic E-state index is 4.70. The first-order chi connectivity index (χ1) is 8.16. The molecular formula is C11H7BrI2N2S. The maximum Gasteiger partial charge on any atom is 0.143 e. The highest BCUT2D eigenvalue weighted by Crippen LogP contribution is 2.37. The van der Waals surface area contributed by atoms with E-state index in [4.69, 9.17) is 4.98 Å². The molecule has 1 aliphatic rings. The number of imidazole rings is 1. The monoisotopic (exact) mass is 532 g/mol. The van der Waals surface area contributed by atoms with Gasteiger partial charge in [0.15, 0.2) is 0 Å². The van der Waals surface area contributed by atoms with E-state index < -0.39 is 0 Å². The Hall–Kier alpha value is 0.720. The molecule has 0 aliphatic carbocycles. The van der Waals surface area contributed by atoms with E-state index in [0.29, 0.717) is 0 Å². The lowest BCUT2D eigenvalue weighted by molar-refractivity contribution is 0.764. The predicted molar refractivity (Wildman–Crippen MR) is 91.5 cm³/mol. The van der Waals surface area contributed by atoms with E-state index in [-0.39, 0.29) is 0 Å². The summed E-state index contributed by atoms with van der Waals surface area (Å²) < 4.78 is 5.79. The Morgan fingerprint density at radius 3 is 3.00 bits per heavy atom. The first-order valence-corrected chi connectivity index (χ1v) is 8.94. The predicted octanol–water partition coefficient (Wildman–Crippen LogP) is 4.63. The lowest BCUT2D eigenvalue weighted by Crippen LogP contribution is -2.02. The second-order valence-corrected chi connectivity index (χ2v) is 7.75. The van der Waals surface area contributed by atoms with Gasteiger partial charge in [-0.05, 0) is 63.4 Å². The molecule has 0 spiro atoms. The topological polar surface area (TPSA) is 17.8 Å². The molecule has 17 heavy (non-hydrogen) atoms. The van der Waals surface area contributed by atoms with Crippen LogP contribution in [-0.4, -0.2) is 15.3 Å². The van der Waals surface area contributed by atoms with Crippen molar-refractivity contribution in [3.05, 3.63) is 30.1 Å². The fourth-order valence-electron chi connectivity index (χ4n) is 1.86. The van der Waals surface area contributed by atoms with Crippen molar-refractivity contribution in [2.45, 2.75) is 11.4 Å². The van der Waals surface area contributed by atoms with E-state index in [1.165, 1.54) is 14.2 Å². The fraction of sp³-hybridized carbons (Fsp3) is 0.182. The van der Waals surface area contributed by atoms with E-state index in [9.17, 15) is 0 Å². The summed E-state index contributed by atoms with van der Waals surface area (Å²) in [6.07, 6.45) is 0. The molecule has 88 valence electrons. The van der Waals surface area contributed by atoms with Crippen LogP contribution in [0.3, 0.4) is 0 Å². The minimum absolute atomic E-state index is 1.03. The van der Waals surface area contributed by atoms with Crippen LogP contribution in [0.25, 0.3) is 11.4 Å². The van der Waals surface area contributed by atoms with E-state index in [2.05, 4.69) is 83.9 Å². The molecule has 0 fully saturated rings. The number of hydrogen-bond donors (Lipinski definition) is 0. The Morgan fingerprint density at radius 2 is 2.18 bits per heavy atom. The van der Waals surface area contributed by atoms with Gasteiger partial charge in [0, 0.05) is 27.2 Å². The summed E-state index contributed by atoms with van der Waals surface area (Å²) in [7, 11) is 0. The number of benzene rings is 1. The highest BCUT2D eigenvalue weighted by molar-refractivity contribution is 14.1. The number of nitrogens with zero attached hydrogens (tertiary/aromatic N) is 2. The zero-order valence-electron chi connectivity index (χ0n) is 8.58. The molecule has 0 amide bonds. The van der Waals surface area contributed by atoms with E-state index in [1.807, 2.05) is 11.8 Å². The van der Waals surface area contributed by atoms with Crippen molar-refractivity contribution in [1.29, 1.82) is 0 Å². The molecule has 2 nitrogen and oxygen atoms in total. The van der Waals surface area contributed by atoms with Crippen molar-refractivity contribution >= 4 is 72.9 Å². The average Bonchev–Trinajstić information content (AvgIpc) is 2.49. The van der Waals surface area contributed by atoms with Crippen molar-refractivity contribution in [2.24, 2.45) is 0 Å². The van der Waals surface area contributed by atoms with Crippen LogP contribution in [-0.2, 0) is 6.54 Å². The lowest BCUT2D eigenvalue weighted by atomic mass is 10.2. The Morgan fingerprint density at radius 1 is 1.35 bits per heavy atom. The zero-order chi connectivity index (χ0) is 12.0. The largest absolute Gasteiger partial charge is 0.318 e. The van der Waals surface area contributed by atoms with Gasteiger partial charge in [-0.25, -0.2) is 4.98 Å². The van der Waals surface area contributed by atoms with Crippen molar-refractivity contribution in [3.8, 4) is 11.4 Å². The highest BCUT2D eigenvalue weighted by Gasteiger charge is 2.20. The first kappa shape index (κ1) is 12.7. The summed E-state index contributed by atoms with van der Waals surface area (Å²) in [5.41, 5.74) is 1.25. The smallest absolute Gasteiger partial charge is 0.143 e. The molecule has 0 radical (unpaired) electrons. The molecule has 0 saturated heterocycles. The first-order valence-electron chi connectivity index (χ1n) is 5.01. The molecule has 1 aliphatic heterocycles. The number of aromatic nitrogens is 2. The molecular weight excluding hydrogens is 526 g/mol. The number of thioether (sulfide) groups is 1. The molecule has 3 rings (SSSR count). The normalized spacial score (nSPS) is 14.1. The summed E-state index contributed by atoms with van der Waals surface area (Å²) >= 11 is 10.1. The lowest BCUT2D eigenvalue weighted by Gasteiger charge is -2.05. The third-order valence-corrected chi connectivity index (χ3v) is 7.03. The molecule has 0 bridgehead atoms. The Kier molecular flexibility index (Phi) is 3.75. The Bertz CT molecular complexity index is 597. The standard InChI is InChI=1S/C11H7BrI2N2S/c12-6-1-2-7-8(5-6)17-4-3-16-10(14)9(13)15-11(7)16/h1-2,5H,3-4H2. The van der Waals surface area contributed by atoms with Crippen LogP contribution in [0.5, 0.6) is 0 Å². The van der Waals surface area contributed by atoms with Crippen LogP contribution in [0.1, 0.15) is 0 Å². The van der Waals surface area contributed by atoms with Crippen LogP contribution in [0.4, 0.5) is 0 Å². The van der Waals surface area contributed by atoms with Gasteiger partial charge in [-0.3, -0.25) is 0 Å². The van der Waals surface area contributed by atoms with Gasteiger partial charge in [0.05, 0.1) is 0 Å². The highest BCUT2D eigenvalue weighted by atomic mass is 127. The summed E-state index contributed by atoms with van der Waals surface area (Å²) in [5, 5.41) is 0. The van der Waals surface area contributed by atoms with Crippen LogP contribution >= 0.6 is 72.9 Å². The van der Waals surface area contributed by atoms with Gasteiger partial charge < -0.3 is 4.57 Å². The summed E-state index contributed by atoms with van der Waals surface area (Å²) in [4.78, 5) is 6.01. The summed E-state index contributed by atoms with van der Waals surface area (Å²) in [6, 6.07) is 6.43. The van der Waals surface area contributed by atoms with Crippen molar-refractivity contribution < 1.29 is 0 Å². The maximum atomic E-state index is 4.70. The molecule has 2 aromatic rings. The van der Waals surface area contributed by atoms with Crippen molar-refractivity contribution in [1.82, 2.24) is 9.55 Å². The van der Waals surface area contributed by atoms with Crippen LogP contribution in [0.15, 0.2) is 27.6 Å². The van der Waals surface area contributed by atoms with Gasteiger partial charge in [-0.2, -0.15) is 0 Å². The zero-order valence-corrected chi connectivity index (χ0v) is 15.3. The number of halogens is 3. The van der Waals surface area contributed by atoms with E-state index in [0.717, 1.165) is 26.3 Å². The molecule has 1 aromatic carbocycles. The molecule has 0 unspecified atom stereocenters. The molecule has 1 aromatic heterocycles. The molecule has 0 atom stereocenters. The number of hydrogen-bond acceptors (Lipinski definition) is 2. The molecule has 6 heteroatoms. The van der Waals surface area contributed by atoms with Crippen molar-refractivity contribution in [2.75, 3.05) is 5.75 Å². The van der Waals surface area contributed by atoms with Crippen LogP contribution in [0, 0.1) is 7.40 Å². The SMILES string of the molecule is Brc1ccc2c(c1)SCCn1c-2nc(I)c1I. The third-order valence-electron chi connectivity index (χ3n) is 2.62. The summed E-state index contributed by atoms with van der Waals surface area (Å²) in [5.74, 6) is 2.20. The fourth-order valence-corrected chi connectivity index (χ4v) is 4.50. The molecule has 0 saturated carbocycles. The number of fused-ring (bicyclic) bond motifs is 3. The van der Waals surface area contributed by atoms with E-state index in [1.54, 1.807) is 0 Å². The summed E-state index contributed by atoms with van der Waals surface area (Å²) in [6.45, 7) is 1.03. The van der Waals surface area contributed by atoms with Gasteiger partial charge >= 0.3 is 0 Å². The van der Waals surface area contributed by atoms with Gasteiger partial charge in [0.1, 0.15) is 13.2 Å². The van der Waals surface area contributed by atoms with Gasteiger partial charge in [-0.1, -0.05) is 15.9 Å². The second kappa shape index (κ2) is 5.01. The van der Waals surface area contributed by atoms with Gasteiger partial charge in [0.2, 0.25) is 0 Å². The molecule has 0 N–H and O–H groups in total. The van der Waals surface area contributed by atoms with Crippen LogP contribution < -0.4 is 0 Å². The van der Waals surface area contributed by atoms with Crippen molar-refractivity contribution in [3.63, 3.8) is 0 Å². The average molecular weight is 533 g/mol. The second-order valence-electron chi connectivity index (χ2n) is 3.66. The van der Waals surface area contributed by atoms with Crippen LogP contribution in [0.2, 0.25) is 0 Å². The Labute approximate surface area is 139 Å². The van der Waals surface area contributed by atoms with E-state index >= 15 is 0 Å². The minimum Gasteiger partial charge on any atom is -0.318 e. The minimum atomic E-state index is 1.03. The molecule has 2 heterocycles. The Balaban J connectivity index is 2.27. The van der Waals surface area contributed by atoms with Gasteiger partial charge in [-0.15, -0.1) is 11.8 Å². The van der Waals surface area contributed by atoms with Gasteiger partial charge in [0.25, 0.3) is 0 Å². The third kappa shape index (κ3) is 2.30.